The monoisotopic (exact) mass is 284 g/mol. The highest BCUT2D eigenvalue weighted by Gasteiger charge is 2.34. The maximum Gasteiger partial charge on any atom is 0.0672 e. The van der Waals surface area contributed by atoms with Gasteiger partial charge in [-0.3, -0.25) is 4.90 Å². The van der Waals surface area contributed by atoms with Gasteiger partial charge in [0.1, 0.15) is 0 Å². The van der Waals surface area contributed by atoms with Gasteiger partial charge in [0.05, 0.1) is 12.0 Å². The van der Waals surface area contributed by atoms with Crippen LogP contribution < -0.4 is 0 Å². The zero-order valence-corrected chi connectivity index (χ0v) is 13.6. The van der Waals surface area contributed by atoms with Gasteiger partial charge in [0, 0.05) is 12.1 Å². The van der Waals surface area contributed by atoms with E-state index in [-0.39, 0.29) is 5.92 Å². The summed E-state index contributed by atoms with van der Waals surface area (Å²) in [5, 5.41) is 9.50. The van der Waals surface area contributed by atoms with Gasteiger partial charge in [-0.15, -0.1) is 0 Å². The molecule has 21 heavy (non-hydrogen) atoms. The van der Waals surface area contributed by atoms with Crippen LogP contribution in [0.1, 0.15) is 57.4 Å². The van der Waals surface area contributed by atoms with Crippen molar-refractivity contribution in [3.63, 3.8) is 0 Å². The van der Waals surface area contributed by atoms with Crippen molar-refractivity contribution in [3.05, 3.63) is 35.9 Å². The summed E-state index contributed by atoms with van der Waals surface area (Å²) in [4.78, 5) is 2.46. The average Bonchev–Trinajstić information content (AvgIpc) is 2.54. The third kappa shape index (κ3) is 3.86. The van der Waals surface area contributed by atoms with Gasteiger partial charge in [-0.1, -0.05) is 43.7 Å². The Hall–Kier alpha value is -1.33. The van der Waals surface area contributed by atoms with Crippen molar-refractivity contribution in [2.45, 2.75) is 64.0 Å². The number of hydrogen-bond acceptors (Lipinski definition) is 2. The molecule has 0 bridgehead atoms. The fourth-order valence-corrected chi connectivity index (χ4v) is 3.72. The van der Waals surface area contributed by atoms with Crippen molar-refractivity contribution in [3.8, 4) is 6.07 Å². The maximum absolute atomic E-state index is 9.50. The van der Waals surface area contributed by atoms with E-state index in [1.54, 1.807) is 0 Å². The Balaban J connectivity index is 2.11. The Morgan fingerprint density at radius 1 is 1.29 bits per heavy atom. The molecule has 2 heteroatoms. The fourth-order valence-electron chi connectivity index (χ4n) is 3.72. The predicted octanol–water partition coefficient (Wildman–Crippen LogP) is 4.58. The van der Waals surface area contributed by atoms with Crippen molar-refractivity contribution in [1.29, 1.82) is 5.26 Å². The SMILES string of the molecule is CCCC(C)N(C)C1CC(c2ccccc2)CCC1C#N. The van der Waals surface area contributed by atoms with E-state index in [4.69, 9.17) is 0 Å². The molecule has 0 amide bonds. The molecule has 0 N–H and O–H groups in total. The number of hydrogen-bond donors (Lipinski definition) is 0. The van der Waals surface area contributed by atoms with Crippen LogP contribution in [-0.2, 0) is 0 Å². The summed E-state index contributed by atoms with van der Waals surface area (Å²) < 4.78 is 0. The zero-order valence-electron chi connectivity index (χ0n) is 13.6. The van der Waals surface area contributed by atoms with Crippen LogP contribution in [0.5, 0.6) is 0 Å². The summed E-state index contributed by atoms with van der Waals surface area (Å²) in [6, 6.07) is 14.3. The number of nitriles is 1. The lowest BCUT2D eigenvalue weighted by molar-refractivity contribution is 0.104. The summed E-state index contributed by atoms with van der Waals surface area (Å²) in [5.41, 5.74) is 1.44. The Labute approximate surface area is 129 Å². The Bertz CT molecular complexity index is 462. The Morgan fingerprint density at radius 3 is 2.62 bits per heavy atom. The summed E-state index contributed by atoms with van der Waals surface area (Å²) in [7, 11) is 2.21. The summed E-state index contributed by atoms with van der Waals surface area (Å²) in [6.45, 7) is 4.53. The normalized spacial score (nSPS) is 27.3. The van der Waals surface area contributed by atoms with E-state index in [2.05, 4.69) is 62.2 Å². The molecule has 2 nitrogen and oxygen atoms in total. The highest BCUT2D eigenvalue weighted by molar-refractivity contribution is 5.21. The van der Waals surface area contributed by atoms with Crippen molar-refractivity contribution in [2.75, 3.05) is 7.05 Å². The molecule has 114 valence electrons. The summed E-state index contributed by atoms with van der Waals surface area (Å²) in [5.74, 6) is 0.798. The van der Waals surface area contributed by atoms with Crippen LogP contribution >= 0.6 is 0 Å². The van der Waals surface area contributed by atoms with Gasteiger partial charge >= 0.3 is 0 Å². The highest BCUT2D eigenvalue weighted by atomic mass is 15.2. The first kappa shape index (κ1) is 16.0. The largest absolute Gasteiger partial charge is 0.299 e. The molecule has 0 saturated heterocycles. The van der Waals surface area contributed by atoms with Gasteiger partial charge in [0.25, 0.3) is 0 Å². The Kier molecular flexibility index (Phi) is 5.82. The van der Waals surface area contributed by atoms with E-state index < -0.39 is 0 Å². The van der Waals surface area contributed by atoms with Crippen molar-refractivity contribution < 1.29 is 0 Å². The number of nitrogens with zero attached hydrogens (tertiary/aromatic N) is 2. The maximum atomic E-state index is 9.50. The van der Waals surface area contributed by atoms with E-state index in [0.717, 1.165) is 19.3 Å². The van der Waals surface area contributed by atoms with Crippen LogP contribution in [0, 0.1) is 17.2 Å². The summed E-state index contributed by atoms with van der Waals surface area (Å²) in [6.07, 6.45) is 5.71. The second-order valence-electron chi connectivity index (χ2n) is 6.53. The molecule has 0 spiro atoms. The van der Waals surface area contributed by atoms with E-state index >= 15 is 0 Å². The lowest BCUT2D eigenvalue weighted by Crippen LogP contribution is -2.45. The van der Waals surface area contributed by atoms with Crippen LogP contribution in [-0.4, -0.2) is 24.0 Å². The van der Waals surface area contributed by atoms with Gasteiger partial charge in [-0.25, -0.2) is 0 Å². The minimum atomic E-state index is 0.189. The smallest absolute Gasteiger partial charge is 0.0672 e. The molecule has 0 heterocycles. The van der Waals surface area contributed by atoms with Crippen LogP contribution in [0.15, 0.2) is 30.3 Å². The molecule has 1 fully saturated rings. The molecule has 2 rings (SSSR count). The number of benzene rings is 1. The van der Waals surface area contributed by atoms with Crippen LogP contribution in [0.4, 0.5) is 0 Å². The molecular formula is C19H28N2. The molecule has 1 aliphatic carbocycles. The molecule has 1 aromatic rings. The van der Waals surface area contributed by atoms with Gasteiger partial charge in [-0.2, -0.15) is 5.26 Å². The summed E-state index contributed by atoms with van der Waals surface area (Å²) >= 11 is 0. The van der Waals surface area contributed by atoms with Gasteiger partial charge < -0.3 is 0 Å². The molecule has 4 atom stereocenters. The van der Waals surface area contributed by atoms with E-state index in [1.807, 2.05) is 0 Å². The fraction of sp³-hybridized carbons (Fsp3) is 0.632. The van der Waals surface area contributed by atoms with Gasteiger partial charge in [0.2, 0.25) is 0 Å². The lowest BCUT2D eigenvalue weighted by atomic mass is 9.75. The number of rotatable bonds is 5. The third-order valence-corrected chi connectivity index (χ3v) is 5.18. The quantitative estimate of drug-likeness (QED) is 0.791. The van der Waals surface area contributed by atoms with Crippen LogP contribution in [0.3, 0.4) is 0 Å². The first-order valence-electron chi connectivity index (χ1n) is 8.33. The molecule has 0 aliphatic heterocycles. The highest BCUT2D eigenvalue weighted by Crippen LogP contribution is 2.38. The standard InChI is InChI=1S/C19H28N2/c1-4-8-15(2)21(3)19-13-17(11-12-18(19)14-20)16-9-6-5-7-10-16/h5-7,9-10,15,17-19H,4,8,11-13H2,1-3H3. The zero-order chi connectivity index (χ0) is 15.2. The lowest BCUT2D eigenvalue weighted by Gasteiger charge is -2.41. The van der Waals surface area contributed by atoms with Crippen LogP contribution in [0.25, 0.3) is 0 Å². The van der Waals surface area contributed by atoms with Crippen molar-refractivity contribution >= 4 is 0 Å². The first-order valence-corrected chi connectivity index (χ1v) is 8.33. The third-order valence-electron chi connectivity index (χ3n) is 5.18. The first-order chi connectivity index (χ1) is 10.2. The van der Waals surface area contributed by atoms with Gasteiger partial charge in [0.15, 0.2) is 0 Å². The average molecular weight is 284 g/mol. The second-order valence-corrected chi connectivity index (χ2v) is 6.53. The van der Waals surface area contributed by atoms with Crippen molar-refractivity contribution in [1.82, 2.24) is 4.90 Å². The molecule has 4 unspecified atom stereocenters. The topological polar surface area (TPSA) is 27.0 Å². The minimum Gasteiger partial charge on any atom is -0.299 e. The van der Waals surface area contributed by atoms with E-state index in [1.165, 1.54) is 18.4 Å². The molecule has 0 radical (unpaired) electrons. The Morgan fingerprint density at radius 2 is 2.00 bits per heavy atom. The molecule has 1 aromatic carbocycles. The van der Waals surface area contributed by atoms with Crippen LogP contribution in [0.2, 0.25) is 0 Å². The van der Waals surface area contributed by atoms with E-state index in [0.29, 0.717) is 18.0 Å². The predicted molar refractivity (Wildman–Crippen MR) is 88.1 cm³/mol. The minimum absolute atomic E-state index is 0.189. The van der Waals surface area contributed by atoms with E-state index in [9.17, 15) is 5.26 Å². The van der Waals surface area contributed by atoms with Gasteiger partial charge in [-0.05, 0) is 51.1 Å². The second kappa shape index (κ2) is 7.61. The molecule has 0 aromatic heterocycles. The molecule has 1 saturated carbocycles. The molecule has 1 aliphatic rings. The van der Waals surface area contributed by atoms with Crippen molar-refractivity contribution in [2.24, 2.45) is 5.92 Å². The molecular weight excluding hydrogens is 256 g/mol.